The number of aromatic nitrogens is 2. The fourth-order valence-corrected chi connectivity index (χ4v) is 7.90. The van der Waals surface area contributed by atoms with Gasteiger partial charge in [-0.2, -0.15) is 5.10 Å². The van der Waals surface area contributed by atoms with Crippen LogP contribution in [0.1, 0.15) is 64.7 Å². The number of benzene rings is 1. The first-order valence-corrected chi connectivity index (χ1v) is 14.8. The summed E-state index contributed by atoms with van der Waals surface area (Å²) in [5.41, 5.74) is 2.02. The standard InChI is InChI=1S/C27H33ClN4O5S/c1-3-15-37-16-14-32-23-21(22(30-32)24(33)29-17-19-4-6-20(28)7-5-19)8-13-31(25(23)34)18-27(11-12-27)38(35,36)26(2)9-10-26/h3-7H,1,8-18H2,2H3,(H,29,33). The second-order valence-electron chi connectivity index (χ2n) is 10.7. The van der Waals surface area contributed by atoms with E-state index in [2.05, 4.69) is 17.0 Å². The molecule has 5 rings (SSSR count). The molecule has 0 spiro atoms. The topological polar surface area (TPSA) is 111 Å². The van der Waals surface area contributed by atoms with Crippen LogP contribution in [-0.4, -0.2) is 70.7 Å². The molecule has 0 unspecified atom stereocenters. The molecule has 11 heteroatoms. The minimum atomic E-state index is -3.35. The number of carbonyl (C=O) groups excluding carboxylic acids is 2. The van der Waals surface area contributed by atoms with Gasteiger partial charge in [-0.05, 0) is 56.7 Å². The van der Waals surface area contributed by atoms with Gasteiger partial charge in [0.15, 0.2) is 15.5 Å². The van der Waals surface area contributed by atoms with Crippen LogP contribution in [0, 0.1) is 0 Å². The van der Waals surface area contributed by atoms with Crippen molar-refractivity contribution < 1.29 is 22.7 Å². The molecule has 0 radical (unpaired) electrons. The van der Waals surface area contributed by atoms with E-state index in [0.29, 0.717) is 68.1 Å². The van der Waals surface area contributed by atoms with Gasteiger partial charge in [-0.1, -0.05) is 29.8 Å². The Morgan fingerprint density at radius 2 is 1.95 bits per heavy atom. The fraction of sp³-hybridized carbons (Fsp3) is 0.519. The smallest absolute Gasteiger partial charge is 0.272 e. The number of nitrogens with zero attached hydrogens (tertiary/aromatic N) is 3. The summed E-state index contributed by atoms with van der Waals surface area (Å²) < 4.78 is 32.2. The van der Waals surface area contributed by atoms with Gasteiger partial charge in [0.1, 0.15) is 5.69 Å². The number of hydrogen-bond donors (Lipinski definition) is 1. The highest BCUT2D eigenvalue weighted by Crippen LogP contribution is 2.56. The molecule has 0 atom stereocenters. The predicted octanol–water partition coefficient (Wildman–Crippen LogP) is 3.17. The van der Waals surface area contributed by atoms with Gasteiger partial charge in [-0.25, -0.2) is 8.42 Å². The minimum Gasteiger partial charge on any atom is -0.375 e. The summed E-state index contributed by atoms with van der Waals surface area (Å²) in [4.78, 5) is 28.5. The lowest BCUT2D eigenvalue weighted by molar-refractivity contribution is 0.0717. The predicted molar refractivity (Wildman–Crippen MR) is 144 cm³/mol. The molecular weight excluding hydrogens is 528 g/mol. The molecule has 38 heavy (non-hydrogen) atoms. The number of halogens is 1. The Bertz CT molecular complexity index is 1360. The normalized spacial score (nSPS) is 19.1. The molecule has 2 aromatic rings. The molecule has 2 fully saturated rings. The molecular formula is C27H33ClN4O5S. The lowest BCUT2D eigenvalue weighted by atomic mass is 10.0. The zero-order chi connectivity index (χ0) is 27.1. The van der Waals surface area contributed by atoms with Crippen LogP contribution < -0.4 is 5.32 Å². The van der Waals surface area contributed by atoms with Crippen molar-refractivity contribution in [2.45, 2.75) is 61.6 Å². The van der Waals surface area contributed by atoms with E-state index in [1.54, 1.807) is 23.1 Å². The van der Waals surface area contributed by atoms with Crippen molar-refractivity contribution in [1.29, 1.82) is 0 Å². The lowest BCUT2D eigenvalue weighted by Crippen LogP contribution is -2.48. The molecule has 204 valence electrons. The average Bonchev–Trinajstić information content (AvgIpc) is 3.81. The van der Waals surface area contributed by atoms with Crippen molar-refractivity contribution in [3.8, 4) is 0 Å². The van der Waals surface area contributed by atoms with Crippen LogP contribution in [0.2, 0.25) is 5.02 Å². The molecule has 2 aliphatic carbocycles. The van der Waals surface area contributed by atoms with Gasteiger partial charge >= 0.3 is 0 Å². The lowest BCUT2D eigenvalue weighted by Gasteiger charge is -2.32. The largest absolute Gasteiger partial charge is 0.375 e. The van der Waals surface area contributed by atoms with E-state index in [1.165, 1.54) is 4.68 Å². The molecule has 2 saturated carbocycles. The maximum atomic E-state index is 13.7. The molecule has 1 aromatic heterocycles. The number of rotatable bonds is 12. The van der Waals surface area contributed by atoms with Crippen LogP contribution in [0.5, 0.6) is 0 Å². The molecule has 0 saturated heterocycles. The van der Waals surface area contributed by atoms with Crippen molar-refractivity contribution >= 4 is 33.3 Å². The van der Waals surface area contributed by atoms with Gasteiger partial charge < -0.3 is 15.0 Å². The molecule has 1 aromatic carbocycles. The van der Waals surface area contributed by atoms with Crippen molar-refractivity contribution in [1.82, 2.24) is 20.0 Å². The number of ether oxygens (including phenoxy) is 1. The molecule has 3 aliphatic rings. The average molecular weight is 561 g/mol. The number of hydrogen-bond acceptors (Lipinski definition) is 6. The quantitative estimate of drug-likeness (QED) is 0.315. The van der Waals surface area contributed by atoms with Crippen LogP contribution >= 0.6 is 11.6 Å². The first-order chi connectivity index (χ1) is 18.1. The number of nitrogens with one attached hydrogen (secondary N) is 1. The number of sulfone groups is 1. The second-order valence-corrected chi connectivity index (χ2v) is 14.0. The van der Waals surface area contributed by atoms with Crippen LogP contribution in [-0.2, 0) is 34.1 Å². The van der Waals surface area contributed by atoms with Gasteiger partial charge in [0.2, 0.25) is 0 Å². The van der Waals surface area contributed by atoms with Crippen LogP contribution in [0.3, 0.4) is 0 Å². The van der Waals surface area contributed by atoms with Gasteiger partial charge in [-0.15, -0.1) is 6.58 Å². The Morgan fingerprint density at radius 1 is 1.24 bits per heavy atom. The zero-order valence-corrected chi connectivity index (χ0v) is 23.1. The molecule has 9 nitrogen and oxygen atoms in total. The van der Waals surface area contributed by atoms with E-state index in [0.717, 1.165) is 5.56 Å². The Balaban J connectivity index is 1.37. The number of fused-ring (bicyclic) bond motifs is 1. The Morgan fingerprint density at radius 3 is 2.58 bits per heavy atom. The third kappa shape index (κ3) is 4.89. The van der Waals surface area contributed by atoms with Crippen molar-refractivity contribution in [2.75, 3.05) is 26.3 Å². The summed E-state index contributed by atoms with van der Waals surface area (Å²) in [6, 6.07) is 7.18. The highest BCUT2D eigenvalue weighted by molar-refractivity contribution is 7.94. The summed E-state index contributed by atoms with van der Waals surface area (Å²) in [6.45, 7) is 7.19. The van der Waals surface area contributed by atoms with Gasteiger partial charge in [0, 0.05) is 30.2 Å². The summed E-state index contributed by atoms with van der Waals surface area (Å²) in [6.07, 6.45) is 4.58. The van der Waals surface area contributed by atoms with E-state index in [9.17, 15) is 18.0 Å². The molecule has 0 bridgehead atoms. The Labute approximate surface area is 228 Å². The van der Waals surface area contributed by atoms with Crippen molar-refractivity contribution in [3.05, 3.63) is 64.5 Å². The fourth-order valence-electron chi connectivity index (χ4n) is 5.12. The highest BCUT2D eigenvalue weighted by atomic mass is 35.5. The third-order valence-electron chi connectivity index (χ3n) is 7.90. The van der Waals surface area contributed by atoms with E-state index >= 15 is 0 Å². The van der Waals surface area contributed by atoms with E-state index in [-0.39, 0.29) is 37.2 Å². The molecule has 1 aliphatic heterocycles. The zero-order valence-electron chi connectivity index (χ0n) is 21.5. The maximum absolute atomic E-state index is 13.7. The van der Waals surface area contributed by atoms with Gasteiger partial charge in [0.05, 0.1) is 29.3 Å². The first kappa shape index (κ1) is 26.9. The van der Waals surface area contributed by atoms with Gasteiger partial charge in [-0.3, -0.25) is 14.3 Å². The number of amides is 2. The second kappa shape index (κ2) is 10.1. The van der Waals surface area contributed by atoms with Crippen LogP contribution in [0.4, 0.5) is 0 Å². The van der Waals surface area contributed by atoms with E-state index in [1.807, 2.05) is 19.1 Å². The minimum absolute atomic E-state index is 0.180. The third-order valence-corrected chi connectivity index (χ3v) is 11.5. The molecule has 1 N–H and O–H groups in total. The van der Waals surface area contributed by atoms with Crippen molar-refractivity contribution in [2.24, 2.45) is 0 Å². The highest BCUT2D eigenvalue weighted by Gasteiger charge is 2.65. The monoisotopic (exact) mass is 560 g/mol. The number of carbonyl (C=O) groups is 2. The van der Waals surface area contributed by atoms with Crippen molar-refractivity contribution in [3.63, 3.8) is 0 Å². The maximum Gasteiger partial charge on any atom is 0.272 e. The van der Waals surface area contributed by atoms with Crippen LogP contribution in [0.15, 0.2) is 36.9 Å². The first-order valence-electron chi connectivity index (χ1n) is 13.0. The van der Waals surface area contributed by atoms with Crippen LogP contribution in [0.25, 0.3) is 0 Å². The van der Waals surface area contributed by atoms with E-state index in [4.69, 9.17) is 16.3 Å². The summed E-state index contributed by atoms with van der Waals surface area (Å²) in [5.74, 6) is -0.659. The Hall–Kier alpha value is -2.69. The SMILES string of the molecule is C=CCOCCn1nc(C(=O)NCc2ccc(Cl)cc2)c2c1C(=O)N(CC1(S(=O)(=O)C3(C)CC3)CC1)CC2. The summed E-state index contributed by atoms with van der Waals surface area (Å²) >= 11 is 5.95. The van der Waals surface area contributed by atoms with Gasteiger partial charge in [0.25, 0.3) is 11.8 Å². The summed E-state index contributed by atoms with van der Waals surface area (Å²) in [5, 5.41) is 8.02. The molecule has 2 heterocycles. The molecule has 2 amide bonds. The Kier molecular flexibility index (Phi) is 7.17. The van der Waals surface area contributed by atoms with E-state index < -0.39 is 19.3 Å². The summed E-state index contributed by atoms with van der Waals surface area (Å²) in [7, 11) is -3.35.